The van der Waals surface area contributed by atoms with Gasteiger partial charge < -0.3 is 9.73 Å². The summed E-state index contributed by atoms with van der Waals surface area (Å²) in [5.41, 5.74) is 3.25. The van der Waals surface area contributed by atoms with Gasteiger partial charge in [0.2, 0.25) is 0 Å². The normalized spacial score (nSPS) is 11.0. The molecule has 3 aromatic rings. The molecule has 0 spiro atoms. The van der Waals surface area contributed by atoms with E-state index >= 15 is 0 Å². The Balaban J connectivity index is 1.50. The van der Waals surface area contributed by atoms with Crippen molar-refractivity contribution in [2.24, 2.45) is 0 Å². The Morgan fingerprint density at radius 1 is 0.833 bits per heavy atom. The molecule has 0 aliphatic rings. The lowest BCUT2D eigenvalue weighted by atomic mass is 10.1. The number of rotatable bonds is 9. The molecule has 0 unspecified atom stereocenters. The molecule has 24 heavy (non-hydrogen) atoms. The molecule has 2 nitrogen and oxygen atoms in total. The maximum absolute atomic E-state index is 5.92. The van der Waals surface area contributed by atoms with Crippen LogP contribution in [0.4, 0.5) is 5.69 Å². The molecule has 1 N–H and O–H groups in total. The van der Waals surface area contributed by atoms with Crippen molar-refractivity contribution in [3.63, 3.8) is 0 Å². The predicted molar refractivity (Wildman–Crippen MR) is 104 cm³/mol. The molecule has 0 fully saturated rings. The molecule has 0 radical (unpaired) electrons. The fourth-order valence-electron chi connectivity index (χ4n) is 3.01. The van der Waals surface area contributed by atoms with E-state index in [2.05, 4.69) is 48.6 Å². The molecule has 0 bridgehead atoms. The van der Waals surface area contributed by atoms with Crippen molar-refractivity contribution in [3.05, 3.63) is 54.6 Å². The summed E-state index contributed by atoms with van der Waals surface area (Å²) < 4.78 is 5.92. The average molecular weight is 321 g/mol. The molecular weight excluding hydrogens is 294 g/mol. The van der Waals surface area contributed by atoms with Crippen LogP contribution in [0.15, 0.2) is 59.0 Å². The van der Waals surface area contributed by atoms with Gasteiger partial charge in [0.1, 0.15) is 11.3 Å². The van der Waals surface area contributed by atoms with Gasteiger partial charge in [0.15, 0.2) is 0 Å². The minimum absolute atomic E-state index is 0.929. The van der Waals surface area contributed by atoms with Crippen LogP contribution in [0.1, 0.15) is 45.4 Å². The second-order valence-corrected chi connectivity index (χ2v) is 6.42. The minimum Gasteiger partial charge on any atom is -0.456 e. The third-order valence-corrected chi connectivity index (χ3v) is 4.45. The van der Waals surface area contributed by atoms with Gasteiger partial charge in [0, 0.05) is 23.2 Å². The summed E-state index contributed by atoms with van der Waals surface area (Å²) in [6.45, 7) is 3.31. The summed E-state index contributed by atoms with van der Waals surface area (Å²) >= 11 is 0. The van der Waals surface area contributed by atoms with Gasteiger partial charge in [-0.2, -0.15) is 0 Å². The lowest BCUT2D eigenvalue weighted by molar-refractivity contribution is 0.617. The van der Waals surface area contributed by atoms with Gasteiger partial charge >= 0.3 is 0 Å². The maximum atomic E-state index is 5.92. The fourth-order valence-corrected chi connectivity index (χ4v) is 3.01. The second-order valence-electron chi connectivity index (χ2n) is 6.42. The predicted octanol–water partition coefficient (Wildman–Crippen LogP) is 6.87. The van der Waals surface area contributed by atoms with E-state index in [1.165, 1.54) is 44.2 Å². The second kappa shape index (κ2) is 8.58. The first kappa shape index (κ1) is 16.6. The van der Waals surface area contributed by atoms with Gasteiger partial charge in [-0.1, -0.05) is 57.2 Å². The summed E-state index contributed by atoms with van der Waals surface area (Å²) in [5, 5.41) is 4.66. The van der Waals surface area contributed by atoms with Crippen LogP contribution in [0.5, 0.6) is 0 Å². The SMILES string of the molecule is CCCCCCCCNc1ccc(-c2cc3ccccc3o2)cc1. The van der Waals surface area contributed by atoms with Crippen molar-refractivity contribution in [1.82, 2.24) is 0 Å². The zero-order valence-electron chi connectivity index (χ0n) is 14.6. The molecule has 0 saturated heterocycles. The van der Waals surface area contributed by atoms with E-state index in [9.17, 15) is 0 Å². The lowest BCUT2D eigenvalue weighted by Gasteiger charge is -2.07. The molecule has 0 aliphatic carbocycles. The average Bonchev–Trinajstić information content (AvgIpc) is 3.05. The van der Waals surface area contributed by atoms with E-state index < -0.39 is 0 Å². The molecule has 0 atom stereocenters. The number of benzene rings is 2. The van der Waals surface area contributed by atoms with Crippen LogP contribution in [-0.2, 0) is 0 Å². The molecule has 2 heteroatoms. The highest BCUT2D eigenvalue weighted by atomic mass is 16.3. The van der Waals surface area contributed by atoms with E-state index in [4.69, 9.17) is 4.42 Å². The zero-order valence-corrected chi connectivity index (χ0v) is 14.6. The van der Waals surface area contributed by atoms with Crippen LogP contribution in [0.25, 0.3) is 22.3 Å². The van der Waals surface area contributed by atoms with Gasteiger partial charge in [-0.3, -0.25) is 0 Å². The van der Waals surface area contributed by atoms with E-state index in [-0.39, 0.29) is 0 Å². The van der Waals surface area contributed by atoms with Crippen molar-refractivity contribution in [2.45, 2.75) is 45.4 Å². The van der Waals surface area contributed by atoms with Gasteiger partial charge in [0.05, 0.1) is 0 Å². The first-order valence-corrected chi connectivity index (χ1v) is 9.19. The quantitative estimate of drug-likeness (QED) is 0.435. The van der Waals surface area contributed by atoms with Crippen LogP contribution in [-0.4, -0.2) is 6.54 Å². The number of unbranched alkanes of at least 4 members (excludes halogenated alkanes) is 5. The van der Waals surface area contributed by atoms with Crippen LogP contribution < -0.4 is 5.32 Å². The number of nitrogens with one attached hydrogen (secondary N) is 1. The number of para-hydroxylation sites is 1. The number of hydrogen-bond acceptors (Lipinski definition) is 2. The summed E-state index contributed by atoms with van der Waals surface area (Å²) in [5.74, 6) is 0.929. The molecule has 1 aromatic heterocycles. The fraction of sp³-hybridized carbons (Fsp3) is 0.364. The van der Waals surface area contributed by atoms with Crippen molar-refractivity contribution in [1.29, 1.82) is 0 Å². The highest BCUT2D eigenvalue weighted by Gasteiger charge is 2.05. The first-order chi connectivity index (χ1) is 11.9. The Hall–Kier alpha value is -2.22. The lowest BCUT2D eigenvalue weighted by Crippen LogP contribution is -2.01. The Morgan fingerprint density at radius 3 is 2.38 bits per heavy atom. The van der Waals surface area contributed by atoms with Crippen LogP contribution >= 0.6 is 0 Å². The van der Waals surface area contributed by atoms with Crippen molar-refractivity contribution in [3.8, 4) is 11.3 Å². The van der Waals surface area contributed by atoms with Gasteiger partial charge in [0.25, 0.3) is 0 Å². The van der Waals surface area contributed by atoms with Gasteiger partial charge in [-0.05, 0) is 42.8 Å². The van der Waals surface area contributed by atoms with Crippen LogP contribution in [0, 0.1) is 0 Å². The third-order valence-electron chi connectivity index (χ3n) is 4.45. The number of hydrogen-bond donors (Lipinski definition) is 1. The molecule has 0 amide bonds. The zero-order chi connectivity index (χ0) is 16.6. The highest BCUT2D eigenvalue weighted by molar-refractivity contribution is 5.82. The molecule has 3 rings (SSSR count). The monoisotopic (exact) mass is 321 g/mol. The summed E-state index contributed by atoms with van der Waals surface area (Å²) in [4.78, 5) is 0. The minimum atomic E-state index is 0.929. The Labute approximate surface area is 144 Å². The third kappa shape index (κ3) is 4.41. The van der Waals surface area contributed by atoms with Gasteiger partial charge in [-0.15, -0.1) is 0 Å². The van der Waals surface area contributed by atoms with Crippen LogP contribution in [0.3, 0.4) is 0 Å². The summed E-state index contributed by atoms with van der Waals surface area (Å²) in [6, 6.07) is 18.8. The van der Waals surface area contributed by atoms with Crippen LogP contribution in [0.2, 0.25) is 0 Å². The number of fused-ring (bicyclic) bond motifs is 1. The van der Waals surface area contributed by atoms with Crippen molar-refractivity contribution >= 4 is 16.7 Å². The number of furan rings is 1. The van der Waals surface area contributed by atoms with Crippen molar-refractivity contribution < 1.29 is 4.42 Å². The van der Waals surface area contributed by atoms with E-state index in [0.29, 0.717) is 0 Å². The highest BCUT2D eigenvalue weighted by Crippen LogP contribution is 2.28. The Bertz CT molecular complexity index is 709. The molecule has 0 saturated carbocycles. The summed E-state index contributed by atoms with van der Waals surface area (Å²) in [6.07, 6.45) is 7.99. The molecule has 1 heterocycles. The smallest absolute Gasteiger partial charge is 0.135 e. The maximum Gasteiger partial charge on any atom is 0.135 e. The topological polar surface area (TPSA) is 25.2 Å². The van der Waals surface area contributed by atoms with E-state index in [0.717, 1.165) is 28.8 Å². The Morgan fingerprint density at radius 2 is 1.58 bits per heavy atom. The first-order valence-electron chi connectivity index (χ1n) is 9.19. The van der Waals surface area contributed by atoms with Gasteiger partial charge in [-0.25, -0.2) is 0 Å². The molecule has 126 valence electrons. The standard InChI is InChI=1S/C22H27NO/c1-2-3-4-5-6-9-16-23-20-14-12-18(13-15-20)22-17-19-10-7-8-11-21(19)24-22/h7-8,10-15,17,23H,2-6,9,16H2,1H3. The van der Waals surface area contributed by atoms with Crippen molar-refractivity contribution in [2.75, 3.05) is 11.9 Å². The molecule has 2 aromatic carbocycles. The largest absolute Gasteiger partial charge is 0.456 e. The number of anilines is 1. The van der Waals surface area contributed by atoms with E-state index in [1.54, 1.807) is 0 Å². The van der Waals surface area contributed by atoms with E-state index in [1.807, 2.05) is 18.2 Å². The molecular formula is C22H27NO. The molecule has 0 aliphatic heterocycles. The Kier molecular flexibility index (Phi) is 5.95. The summed E-state index contributed by atoms with van der Waals surface area (Å²) in [7, 11) is 0.